The van der Waals surface area contributed by atoms with Gasteiger partial charge < -0.3 is 11.5 Å². The molecule has 6 nitrogen and oxygen atoms in total. The molecule has 0 saturated heterocycles. The van der Waals surface area contributed by atoms with Crippen molar-refractivity contribution in [3.63, 3.8) is 0 Å². The van der Waals surface area contributed by atoms with Gasteiger partial charge in [0.05, 0.1) is 17.2 Å². The maximum absolute atomic E-state index is 7.38. The molecule has 15 heavy (non-hydrogen) atoms. The zero-order valence-electron chi connectivity index (χ0n) is 8.40. The second kappa shape index (κ2) is 4.74. The molecular formula is C8H14N6S. The third-order valence-electron chi connectivity index (χ3n) is 2.01. The first kappa shape index (κ1) is 11.4. The van der Waals surface area contributed by atoms with Gasteiger partial charge in [-0.25, -0.2) is 4.98 Å². The van der Waals surface area contributed by atoms with Crippen LogP contribution in [0.5, 0.6) is 0 Å². The van der Waals surface area contributed by atoms with Crippen LogP contribution in [-0.2, 0) is 0 Å². The first-order chi connectivity index (χ1) is 7.07. The molecule has 1 unspecified atom stereocenters. The predicted molar refractivity (Wildman–Crippen MR) is 60.8 cm³/mol. The minimum absolute atomic E-state index is 0.230. The fraction of sp³-hybridized carbons (Fsp3) is 0.375. The van der Waals surface area contributed by atoms with Gasteiger partial charge >= 0.3 is 0 Å². The molecule has 0 radical (unpaired) electrons. The third-order valence-corrected chi connectivity index (χ3v) is 2.61. The number of nitrogens with one attached hydrogen (secondary N) is 2. The summed E-state index contributed by atoms with van der Waals surface area (Å²) in [4.78, 5) is 5.40. The van der Waals surface area contributed by atoms with Crippen LogP contribution in [-0.4, -0.2) is 21.8 Å². The third kappa shape index (κ3) is 2.44. The number of hydrogen-bond donors (Lipinski definition) is 4. The molecule has 0 fully saturated rings. The Kier molecular flexibility index (Phi) is 3.62. The second-order valence-corrected chi connectivity index (χ2v) is 3.70. The summed E-state index contributed by atoms with van der Waals surface area (Å²) < 4.78 is 0. The number of thiazole rings is 1. The summed E-state index contributed by atoms with van der Waals surface area (Å²) in [5, 5.41) is 16.6. The van der Waals surface area contributed by atoms with Crippen LogP contribution in [0.3, 0.4) is 0 Å². The van der Waals surface area contributed by atoms with Gasteiger partial charge in [-0.05, 0) is 6.42 Å². The van der Waals surface area contributed by atoms with Crippen molar-refractivity contribution in [3.8, 4) is 0 Å². The Balaban J connectivity index is 2.99. The van der Waals surface area contributed by atoms with Gasteiger partial charge in [-0.3, -0.25) is 15.7 Å². The Morgan fingerprint density at radius 3 is 2.47 bits per heavy atom. The zero-order chi connectivity index (χ0) is 11.4. The summed E-state index contributed by atoms with van der Waals surface area (Å²) in [7, 11) is 0. The summed E-state index contributed by atoms with van der Waals surface area (Å²) >= 11 is 1.46. The lowest BCUT2D eigenvalue weighted by atomic mass is 10.1. The van der Waals surface area contributed by atoms with Gasteiger partial charge in [-0.1, -0.05) is 6.92 Å². The molecular weight excluding hydrogens is 212 g/mol. The fourth-order valence-corrected chi connectivity index (χ4v) is 1.98. The van der Waals surface area contributed by atoms with Gasteiger partial charge in [-0.15, -0.1) is 11.3 Å². The van der Waals surface area contributed by atoms with E-state index in [4.69, 9.17) is 22.3 Å². The first-order valence-electron chi connectivity index (χ1n) is 4.43. The molecule has 82 valence electrons. The largest absolute Gasteiger partial charge is 0.370 e. The van der Waals surface area contributed by atoms with E-state index < -0.39 is 0 Å². The Hall–Kier alpha value is -1.63. The van der Waals surface area contributed by atoms with Crippen molar-refractivity contribution in [2.24, 2.45) is 11.5 Å². The quantitative estimate of drug-likeness (QED) is 0.448. The highest BCUT2D eigenvalue weighted by molar-refractivity contribution is 7.07. The maximum atomic E-state index is 7.38. The van der Waals surface area contributed by atoms with E-state index in [0.29, 0.717) is 6.42 Å². The van der Waals surface area contributed by atoms with Crippen molar-refractivity contribution in [2.45, 2.75) is 19.4 Å². The summed E-state index contributed by atoms with van der Waals surface area (Å²) in [6, 6.07) is -0.230. The van der Waals surface area contributed by atoms with Gasteiger partial charge in [0.1, 0.15) is 0 Å². The first-order valence-corrected chi connectivity index (χ1v) is 5.37. The number of guanidine groups is 2. The Morgan fingerprint density at radius 2 is 2.13 bits per heavy atom. The molecule has 1 rings (SSSR count). The molecule has 0 aliphatic rings. The highest BCUT2D eigenvalue weighted by atomic mass is 32.1. The minimum Gasteiger partial charge on any atom is -0.370 e. The van der Waals surface area contributed by atoms with Crippen molar-refractivity contribution in [1.82, 2.24) is 9.88 Å². The van der Waals surface area contributed by atoms with Crippen LogP contribution in [0.1, 0.15) is 25.1 Å². The van der Waals surface area contributed by atoms with E-state index in [1.807, 2.05) is 12.3 Å². The van der Waals surface area contributed by atoms with Crippen molar-refractivity contribution in [1.29, 1.82) is 10.8 Å². The van der Waals surface area contributed by atoms with Crippen LogP contribution in [0.25, 0.3) is 0 Å². The van der Waals surface area contributed by atoms with Crippen LogP contribution in [0.4, 0.5) is 0 Å². The number of hydrogen-bond acceptors (Lipinski definition) is 4. The lowest BCUT2D eigenvalue weighted by Crippen LogP contribution is -2.47. The molecule has 0 aliphatic heterocycles. The number of rotatable bonds is 3. The molecule has 0 aliphatic carbocycles. The van der Waals surface area contributed by atoms with Crippen LogP contribution in [0.15, 0.2) is 10.9 Å². The normalized spacial score (nSPS) is 12.1. The zero-order valence-corrected chi connectivity index (χ0v) is 9.21. The number of aromatic nitrogens is 1. The van der Waals surface area contributed by atoms with E-state index in [0.717, 1.165) is 5.69 Å². The molecule has 0 amide bonds. The predicted octanol–water partition coefficient (Wildman–Crippen LogP) is 0.683. The Morgan fingerprint density at radius 1 is 1.53 bits per heavy atom. The molecule has 1 aromatic heterocycles. The van der Waals surface area contributed by atoms with Gasteiger partial charge in [0, 0.05) is 5.38 Å². The molecule has 6 N–H and O–H groups in total. The fourth-order valence-electron chi connectivity index (χ4n) is 1.38. The number of nitrogens with zero attached hydrogens (tertiary/aromatic N) is 2. The average molecular weight is 226 g/mol. The van der Waals surface area contributed by atoms with E-state index in [9.17, 15) is 0 Å². The molecule has 1 heterocycles. The summed E-state index contributed by atoms with van der Waals surface area (Å²) in [5.41, 5.74) is 13.3. The topological polar surface area (TPSA) is 116 Å². The monoisotopic (exact) mass is 226 g/mol. The van der Waals surface area contributed by atoms with Gasteiger partial charge in [-0.2, -0.15) is 0 Å². The van der Waals surface area contributed by atoms with E-state index in [1.54, 1.807) is 5.51 Å². The molecule has 0 bridgehead atoms. The van der Waals surface area contributed by atoms with Gasteiger partial charge in [0.15, 0.2) is 11.9 Å². The van der Waals surface area contributed by atoms with Crippen LogP contribution in [0, 0.1) is 10.8 Å². The van der Waals surface area contributed by atoms with E-state index in [1.165, 1.54) is 16.2 Å². The second-order valence-electron chi connectivity index (χ2n) is 2.98. The average Bonchev–Trinajstić information content (AvgIpc) is 2.64. The molecule has 0 spiro atoms. The molecule has 7 heteroatoms. The Bertz CT molecular complexity index is 332. The van der Waals surface area contributed by atoms with Crippen molar-refractivity contribution < 1.29 is 0 Å². The van der Waals surface area contributed by atoms with E-state index >= 15 is 0 Å². The standard InChI is InChI=1S/C8H14N6S/c1-2-6(5-3-15-4-13-5)14(7(9)10)8(11)12/h3-4,6H,2H2,1H3,(H3,9,10)(H3,11,12). The summed E-state index contributed by atoms with van der Waals surface area (Å²) in [6.07, 6.45) is 0.683. The van der Waals surface area contributed by atoms with Crippen LogP contribution < -0.4 is 11.5 Å². The maximum Gasteiger partial charge on any atom is 0.195 e. The lowest BCUT2D eigenvalue weighted by Gasteiger charge is -2.28. The van der Waals surface area contributed by atoms with Crippen molar-refractivity contribution in [3.05, 3.63) is 16.6 Å². The summed E-state index contributed by atoms with van der Waals surface area (Å²) in [6.45, 7) is 1.93. The molecule has 1 aromatic rings. The van der Waals surface area contributed by atoms with Crippen molar-refractivity contribution >= 4 is 23.3 Å². The molecule has 1 atom stereocenters. The SMILES string of the molecule is CCC(c1cscn1)N(C(=N)N)C(=N)N. The molecule has 0 aromatic carbocycles. The van der Waals surface area contributed by atoms with E-state index in [2.05, 4.69) is 4.98 Å². The summed E-state index contributed by atoms with van der Waals surface area (Å²) in [5.74, 6) is -0.468. The highest BCUT2D eigenvalue weighted by Crippen LogP contribution is 2.22. The van der Waals surface area contributed by atoms with Gasteiger partial charge in [0.2, 0.25) is 0 Å². The van der Waals surface area contributed by atoms with Crippen LogP contribution >= 0.6 is 11.3 Å². The van der Waals surface area contributed by atoms with Crippen molar-refractivity contribution in [2.75, 3.05) is 0 Å². The molecule has 0 saturated carbocycles. The number of nitrogens with two attached hydrogens (primary N) is 2. The van der Waals surface area contributed by atoms with E-state index in [-0.39, 0.29) is 18.0 Å². The van der Waals surface area contributed by atoms with Gasteiger partial charge in [0.25, 0.3) is 0 Å². The van der Waals surface area contributed by atoms with Crippen LogP contribution in [0.2, 0.25) is 0 Å². The smallest absolute Gasteiger partial charge is 0.195 e. The highest BCUT2D eigenvalue weighted by Gasteiger charge is 2.23. The lowest BCUT2D eigenvalue weighted by molar-refractivity contribution is 0.416. The Labute approximate surface area is 91.9 Å². The minimum atomic E-state index is -0.234.